The maximum absolute atomic E-state index is 13.4. The van der Waals surface area contributed by atoms with Crippen molar-refractivity contribution >= 4 is 17.7 Å². The summed E-state index contributed by atoms with van der Waals surface area (Å²) >= 11 is 0. The molecule has 0 aliphatic carbocycles. The van der Waals surface area contributed by atoms with Gasteiger partial charge in [0.25, 0.3) is 5.91 Å². The van der Waals surface area contributed by atoms with Crippen molar-refractivity contribution < 1.29 is 14.3 Å². The summed E-state index contributed by atoms with van der Waals surface area (Å²) in [5.74, 6) is 0.922. The monoisotopic (exact) mass is 426 g/mol. The van der Waals surface area contributed by atoms with Crippen molar-refractivity contribution in [2.45, 2.75) is 80.2 Å². The Bertz CT molecular complexity index is 867. The summed E-state index contributed by atoms with van der Waals surface area (Å²) in [6, 6.07) is 7.45. The number of hydrogen-bond donors (Lipinski definition) is 1. The number of ether oxygens (including phenoxy) is 1. The van der Waals surface area contributed by atoms with Gasteiger partial charge in [0, 0.05) is 11.1 Å². The third-order valence-electron chi connectivity index (χ3n) is 6.39. The Morgan fingerprint density at radius 2 is 1.71 bits per heavy atom. The molecule has 0 saturated heterocycles. The summed E-state index contributed by atoms with van der Waals surface area (Å²) in [5, 5.41) is 3.00. The van der Waals surface area contributed by atoms with E-state index in [9.17, 15) is 9.59 Å². The van der Waals surface area contributed by atoms with Crippen LogP contribution in [0.3, 0.4) is 0 Å². The predicted octanol–water partition coefficient (Wildman–Crippen LogP) is 5.62. The number of aryl methyl sites for hydroxylation is 1. The van der Waals surface area contributed by atoms with Gasteiger partial charge in [-0.05, 0) is 56.6 Å². The summed E-state index contributed by atoms with van der Waals surface area (Å²) in [7, 11) is 0. The number of hydrogen-bond acceptors (Lipinski definition) is 4. The number of rotatable bonds is 9. The highest BCUT2D eigenvalue weighted by molar-refractivity contribution is 6.17. The number of carbonyl (C=O) groups is 2. The summed E-state index contributed by atoms with van der Waals surface area (Å²) in [6.07, 6.45) is 2.26. The number of amides is 1. The molecule has 1 aromatic rings. The molecule has 1 amide bonds. The van der Waals surface area contributed by atoms with Gasteiger partial charge >= 0.3 is 5.97 Å². The van der Waals surface area contributed by atoms with Crippen LogP contribution >= 0.6 is 0 Å². The zero-order chi connectivity index (χ0) is 23.3. The van der Waals surface area contributed by atoms with Crippen molar-refractivity contribution in [2.24, 2.45) is 22.7 Å². The van der Waals surface area contributed by atoms with Crippen LogP contribution in [0.2, 0.25) is 0 Å². The van der Waals surface area contributed by atoms with E-state index in [1.807, 2.05) is 39.8 Å². The molecule has 1 heterocycles. The molecule has 1 aliphatic heterocycles. The van der Waals surface area contributed by atoms with E-state index in [1.54, 1.807) is 12.1 Å². The van der Waals surface area contributed by atoms with E-state index >= 15 is 0 Å². The first kappa shape index (κ1) is 24.8. The molecule has 3 unspecified atom stereocenters. The third-order valence-corrected chi connectivity index (χ3v) is 6.39. The smallest absolute Gasteiger partial charge is 0.340 e. The van der Waals surface area contributed by atoms with Crippen LogP contribution in [0, 0.1) is 24.7 Å². The van der Waals surface area contributed by atoms with Crippen LogP contribution in [0.15, 0.2) is 40.4 Å². The molecule has 2 rings (SSSR count). The van der Waals surface area contributed by atoms with Gasteiger partial charge in [-0.25, -0.2) is 4.79 Å². The Hall–Kier alpha value is -2.43. The molecule has 0 spiro atoms. The summed E-state index contributed by atoms with van der Waals surface area (Å²) in [6.45, 7) is 16.3. The lowest BCUT2D eigenvalue weighted by atomic mass is 9.85. The Morgan fingerprint density at radius 1 is 1.10 bits per heavy atom. The van der Waals surface area contributed by atoms with Gasteiger partial charge in [-0.15, -0.1) is 0 Å². The van der Waals surface area contributed by atoms with E-state index in [4.69, 9.17) is 9.73 Å². The Kier molecular flexibility index (Phi) is 8.21. The minimum absolute atomic E-state index is 0.0262. The topological polar surface area (TPSA) is 67.8 Å². The number of carbonyl (C=O) groups excluding carboxylic acids is 2. The normalized spacial score (nSPS) is 21.3. The van der Waals surface area contributed by atoms with Gasteiger partial charge in [0.1, 0.15) is 17.1 Å². The maximum atomic E-state index is 13.4. The van der Waals surface area contributed by atoms with Gasteiger partial charge in [0.15, 0.2) is 0 Å². The Balaban J connectivity index is 2.57. The molecule has 31 heavy (non-hydrogen) atoms. The number of esters is 1. The van der Waals surface area contributed by atoms with Gasteiger partial charge in [0.2, 0.25) is 0 Å². The number of amidine groups is 1. The van der Waals surface area contributed by atoms with E-state index in [2.05, 4.69) is 33.0 Å². The standard InChI is InChI=1S/C26H38N2O3/c1-9-18(6)22(24(29)31-20-13-11-17(5)12-14-20)21(15-16(3)4)23-27-25(30)26(8,28-23)19(7)10-2/h11-14,16,18-19H,9-10,15H2,1-8H3,(H,27,28,30)/b22-21+. The minimum atomic E-state index is -0.826. The van der Waals surface area contributed by atoms with Crippen LogP contribution in [0.4, 0.5) is 0 Å². The van der Waals surface area contributed by atoms with Crippen molar-refractivity contribution in [1.29, 1.82) is 0 Å². The molecule has 5 nitrogen and oxygen atoms in total. The molecule has 3 atom stereocenters. The molecular formula is C26H38N2O3. The molecule has 5 heteroatoms. The van der Waals surface area contributed by atoms with Crippen molar-refractivity contribution in [3.8, 4) is 5.75 Å². The number of nitrogens with zero attached hydrogens (tertiary/aromatic N) is 1. The molecular weight excluding hydrogens is 388 g/mol. The predicted molar refractivity (Wildman–Crippen MR) is 126 cm³/mol. The van der Waals surface area contributed by atoms with Crippen LogP contribution in [0.5, 0.6) is 5.75 Å². The van der Waals surface area contributed by atoms with E-state index < -0.39 is 5.54 Å². The Labute approximate surface area is 187 Å². The first-order valence-corrected chi connectivity index (χ1v) is 11.5. The second kappa shape index (κ2) is 10.3. The van der Waals surface area contributed by atoms with Crippen LogP contribution < -0.4 is 10.1 Å². The van der Waals surface area contributed by atoms with Gasteiger partial charge in [-0.3, -0.25) is 9.79 Å². The molecule has 1 aliphatic rings. The number of nitrogens with one attached hydrogen (secondary N) is 1. The average Bonchev–Trinajstić information content (AvgIpc) is 3.03. The summed E-state index contributed by atoms with van der Waals surface area (Å²) in [5.41, 5.74) is 1.67. The average molecular weight is 427 g/mol. The lowest BCUT2D eigenvalue weighted by Crippen LogP contribution is -2.42. The largest absolute Gasteiger partial charge is 0.423 e. The van der Waals surface area contributed by atoms with E-state index in [1.165, 1.54) is 0 Å². The molecule has 0 fully saturated rings. The maximum Gasteiger partial charge on any atom is 0.340 e. The molecule has 0 bridgehead atoms. The molecule has 1 aromatic carbocycles. The number of benzene rings is 1. The lowest BCUT2D eigenvalue weighted by molar-refractivity contribution is -0.130. The van der Waals surface area contributed by atoms with Crippen molar-refractivity contribution in [3.63, 3.8) is 0 Å². The first-order chi connectivity index (χ1) is 14.5. The van der Waals surface area contributed by atoms with Crippen LogP contribution in [-0.4, -0.2) is 23.3 Å². The number of aliphatic imine (C=N–C) groups is 1. The molecule has 1 N–H and O–H groups in total. The minimum Gasteiger partial charge on any atom is -0.423 e. The lowest BCUT2D eigenvalue weighted by Gasteiger charge is -2.24. The van der Waals surface area contributed by atoms with Crippen molar-refractivity contribution in [1.82, 2.24) is 5.32 Å². The van der Waals surface area contributed by atoms with E-state index in [-0.39, 0.29) is 29.6 Å². The Morgan fingerprint density at radius 3 is 2.23 bits per heavy atom. The first-order valence-electron chi connectivity index (χ1n) is 11.5. The van der Waals surface area contributed by atoms with Gasteiger partial charge < -0.3 is 10.1 Å². The molecule has 170 valence electrons. The van der Waals surface area contributed by atoms with E-state index in [0.717, 1.165) is 24.0 Å². The van der Waals surface area contributed by atoms with E-state index in [0.29, 0.717) is 23.6 Å². The quantitative estimate of drug-likeness (QED) is 0.316. The van der Waals surface area contributed by atoms with Crippen LogP contribution in [0.1, 0.15) is 73.3 Å². The molecule has 0 aromatic heterocycles. The highest BCUT2D eigenvalue weighted by atomic mass is 16.5. The van der Waals surface area contributed by atoms with Gasteiger partial charge in [0.05, 0.1) is 0 Å². The second-order valence-electron chi connectivity index (χ2n) is 9.37. The second-order valence-corrected chi connectivity index (χ2v) is 9.37. The highest BCUT2D eigenvalue weighted by Crippen LogP contribution is 2.33. The van der Waals surface area contributed by atoms with Crippen LogP contribution in [-0.2, 0) is 9.59 Å². The fourth-order valence-corrected chi connectivity index (χ4v) is 3.76. The molecule has 0 saturated carbocycles. The van der Waals surface area contributed by atoms with Gasteiger partial charge in [-0.1, -0.05) is 65.7 Å². The van der Waals surface area contributed by atoms with Crippen molar-refractivity contribution in [2.75, 3.05) is 0 Å². The third kappa shape index (κ3) is 5.63. The summed E-state index contributed by atoms with van der Waals surface area (Å²) < 4.78 is 5.76. The van der Waals surface area contributed by atoms with Crippen molar-refractivity contribution in [3.05, 3.63) is 41.0 Å². The fraction of sp³-hybridized carbons (Fsp3) is 0.577. The highest BCUT2D eigenvalue weighted by Gasteiger charge is 2.44. The zero-order valence-corrected chi connectivity index (χ0v) is 20.3. The summed E-state index contributed by atoms with van der Waals surface area (Å²) in [4.78, 5) is 31.1. The zero-order valence-electron chi connectivity index (χ0n) is 20.3. The SMILES string of the molecule is CCC(C)/C(C(=O)Oc1ccc(C)cc1)=C(/CC(C)C)C1=NC(C)(C(C)CC)C(=O)N1. The van der Waals surface area contributed by atoms with Gasteiger partial charge in [-0.2, -0.15) is 0 Å². The molecule has 0 radical (unpaired) electrons. The van der Waals surface area contributed by atoms with Crippen LogP contribution in [0.25, 0.3) is 0 Å². The fourth-order valence-electron chi connectivity index (χ4n) is 3.76.